The Morgan fingerprint density at radius 3 is 2.83 bits per heavy atom. The maximum Gasteiger partial charge on any atom is 0.134 e. The maximum atomic E-state index is 4.66. The van der Waals surface area contributed by atoms with Crippen molar-refractivity contribution >= 4 is 11.7 Å². The second-order valence-corrected chi connectivity index (χ2v) is 6.96. The van der Waals surface area contributed by atoms with E-state index in [1.807, 2.05) is 20.3 Å². The van der Waals surface area contributed by atoms with Crippen LogP contribution in [0.5, 0.6) is 0 Å². The first kappa shape index (κ1) is 16.4. The van der Waals surface area contributed by atoms with Crippen LogP contribution in [0.15, 0.2) is 17.3 Å². The summed E-state index contributed by atoms with van der Waals surface area (Å²) in [4.78, 5) is 10.4. The molecule has 0 aliphatic carbocycles. The Kier molecular flexibility index (Phi) is 5.26. The molecule has 1 spiro atoms. The van der Waals surface area contributed by atoms with E-state index in [-0.39, 0.29) is 5.54 Å². The Balaban J connectivity index is 1.84. The number of aromatic nitrogens is 1. The van der Waals surface area contributed by atoms with E-state index in [1.165, 1.54) is 57.1 Å². The van der Waals surface area contributed by atoms with Gasteiger partial charge in [-0.25, -0.2) is 0 Å². The van der Waals surface area contributed by atoms with Gasteiger partial charge in [0.05, 0.1) is 5.56 Å². The second kappa shape index (κ2) is 7.39. The lowest BCUT2D eigenvalue weighted by Gasteiger charge is -2.38. The monoisotopic (exact) mass is 317 g/mol. The van der Waals surface area contributed by atoms with Crippen LogP contribution in [-0.4, -0.2) is 55.0 Å². The van der Waals surface area contributed by atoms with E-state index >= 15 is 0 Å². The lowest BCUT2D eigenvalue weighted by Crippen LogP contribution is -2.53. The molecule has 0 radical (unpaired) electrons. The average Bonchev–Trinajstić information content (AvgIpc) is 2.78. The molecule has 0 aromatic carbocycles. The summed E-state index contributed by atoms with van der Waals surface area (Å²) in [6.45, 7) is 3.34. The zero-order chi connectivity index (χ0) is 16.1. The van der Waals surface area contributed by atoms with Crippen LogP contribution in [0.4, 0.5) is 5.82 Å². The molecule has 3 heterocycles. The van der Waals surface area contributed by atoms with Crippen LogP contribution < -0.4 is 10.6 Å². The lowest BCUT2D eigenvalue weighted by molar-refractivity contribution is 0.245. The van der Waals surface area contributed by atoms with Crippen molar-refractivity contribution in [1.82, 2.24) is 15.2 Å². The summed E-state index contributed by atoms with van der Waals surface area (Å²) in [5.41, 5.74) is 1.46. The van der Waals surface area contributed by atoms with Crippen molar-refractivity contribution < 1.29 is 0 Å². The highest BCUT2D eigenvalue weighted by Crippen LogP contribution is 2.30. The molecule has 0 bridgehead atoms. The van der Waals surface area contributed by atoms with Crippen LogP contribution in [0.25, 0.3) is 0 Å². The highest BCUT2D eigenvalue weighted by Gasteiger charge is 2.35. The van der Waals surface area contributed by atoms with E-state index in [0.29, 0.717) is 0 Å². The van der Waals surface area contributed by atoms with Crippen molar-refractivity contribution in [2.75, 3.05) is 39.0 Å². The van der Waals surface area contributed by atoms with Gasteiger partial charge in [0.1, 0.15) is 11.7 Å². The van der Waals surface area contributed by atoms with Gasteiger partial charge < -0.3 is 20.5 Å². The van der Waals surface area contributed by atoms with Gasteiger partial charge in [0.15, 0.2) is 0 Å². The van der Waals surface area contributed by atoms with Crippen molar-refractivity contribution in [2.45, 2.75) is 50.5 Å². The number of nitrogens with one attached hydrogen (secondary N) is 3. The van der Waals surface area contributed by atoms with E-state index in [9.17, 15) is 0 Å². The molecule has 0 amide bonds. The zero-order valence-corrected chi connectivity index (χ0v) is 14.6. The number of likely N-dealkylation sites (tertiary alicyclic amines) is 1. The molecule has 2 aliphatic heterocycles. The van der Waals surface area contributed by atoms with E-state index < -0.39 is 0 Å². The summed E-state index contributed by atoms with van der Waals surface area (Å²) in [5.74, 6) is 2.17. The van der Waals surface area contributed by atoms with Crippen LogP contribution in [0.2, 0.25) is 0 Å². The van der Waals surface area contributed by atoms with Crippen molar-refractivity contribution in [3.63, 3.8) is 0 Å². The summed E-state index contributed by atoms with van der Waals surface area (Å²) in [6.07, 6.45) is 11.2. The predicted molar refractivity (Wildman–Crippen MR) is 97.4 cm³/mol. The van der Waals surface area contributed by atoms with Crippen molar-refractivity contribution in [3.8, 4) is 0 Å². The van der Waals surface area contributed by atoms with Crippen LogP contribution in [0, 0.1) is 0 Å². The first-order valence-electron chi connectivity index (χ1n) is 9.10. The van der Waals surface area contributed by atoms with Gasteiger partial charge in [0.2, 0.25) is 0 Å². The number of nitrogens with zero attached hydrogens (tertiary/aromatic N) is 2. The Bertz CT molecular complexity index is 520. The number of aliphatic imine (C=N–C) groups is 1. The predicted octanol–water partition coefficient (Wildman–Crippen LogP) is 2.82. The standard InChI is InChI=1S/C18H31N5/c1-19-16-15(8-12-21-16)17(20-2)23-13-7-5-10-18(14-23)9-4-3-6-11-22-18/h8,12,19,21-22H,3-7,9-11,13-14H2,1-2H3. The molecule has 0 saturated carbocycles. The highest BCUT2D eigenvalue weighted by molar-refractivity contribution is 6.03. The Labute approximate surface area is 139 Å². The van der Waals surface area contributed by atoms with Gasteiger partial charge in [-0.3, -0.25) is 4.99 Å². The fourth-order valence-corrected chi connectivity index (χ4v) is 4.22. The van der Waals surface area contributed by atoms with E-state index in [0.717, 1.165) is 24.7 Å². The largest absolute Gasteiger partial charge is 0.374 e. The number of hydrogen-bond donors (Lipinski definition) is 3. The molecule has 3 N–H and O–H groups in total. The molecule has 2 aliphatic rings. The zero-order valence-electron chi connectivity index (χ0n) is 14.6. The van der Waals surface area contributed by atoms with Crippen molar-refractivity contribution in [1.29, 1.82) is 0 Å². The van der Waals surface area contributed by atoms with Gasteiger partial charge in [0.25, 0.3) is 0 Å². The first-order chi connectivity index (χ1) is 11.3. The number of amidine groups is 1. The maximum absolute atomic E-state index is 4.66. The molecule has 3 rings (SSSR count). The summed E-state index contributed by atoms with van der Waals surface area (Å²) in [7, 11) is 3.87. The molecular weight excluding hydrogens is 286 g/mol. The topological polar surface area (TPSA) is 55.5 Å². The fraction of sp³-hybridized carbons (Fsp3) is 0.722. The molecule has 23 heavy (non-hydrogen) atoms. The van der Waals surface area contributed by atoms with Crippen LogP contribution in [0.1, 0.15) is 50.5 Å². The van der Waals surface area contributed by atoms with E-state index in [2.05, 4.69) is 31.6 Å². The van der Waals surface area contributed by atoms with Crippen LogP contribution in [-0.2, 0) is 0 Å². The van der Waals surface area contributed by atoms with Gasteiger partial charge in [-0.15, -0.1) is 0 Å². The number of H-pyrrole nitrogens is 1. The second-order valence-electron chi connectivity index (χ2n) is 6.96. The summed E-state index contributed by atoms with van der Waals surface area (Å²) < 4.78 is 0. The Morgan fingerprint density at radius 2 is 2.04 bits per heavy atom. The lowest BCUT2D eigenvalue weighted by atomic mass is 9.88. The number of rotatable bonds is 2. The first-order valence-corrected chi connectivity index (χ1v) is 9.10. The Morgan fingerprint density at radius 1 is 1.22 bits per heavy atom. The third kappa shape index (κ3) is 3.55. The summed E-state index contributed by atoms with van der Waals surface area (Å²) >= 11 is 0. The molecule has 5 heteroatoms. The molecular formula is C18H31N5. The minimum atomic E-state index is 0.277. The van der Waals surface area contributed by atoms with Crippen molar-refractivity contribution in [3.05, 3.63) is 17.8 Å². The molecule has 1 aromatic rings. The minimum absolute atomic E-state index is 0.277. The molecule has 1 atom stereocenters. The minimum Gasteiger partial charge on any atom is -0.374 e. The van der Waals surface area contributed by atoms with Gasteiger partial charge in [-0.05, 0) is 44.7 Å². The quantitative estimate of drug-likeness (QED) is 0.581. The normalized spacial score (nSPS) is 26.9. The Hall–Kier alpha value is -1.49. The third-order valence-corrected chi connectivity index (χ3v) is 5.41. The van der Waals surface area contributed by atoms with E-state index in [1.54, 1.807) is 0 Å². The number of anilines is 1. The molecule has 2 saturated heterocycles. The summed E-state index contributed by atoms with van der Waals surface area (Å²) in [5, 5.41) is 7.15. The molecule has 5 nitrogen and oxygen atoms in total. The third-order valence-electron chi connectivity index (χ3n) is 5.41. The average molecular weight is 317 g/mol. The highest BCUT2D eigenvalue weighted by atomic mass is 15.2. The van der Waals surface area contributed by atoms with Gasteiger partial charge in [-0.2, -0.15) is 0 Å². The summed E-state index contributed by atoms with van der Waals surface area (Å²) in [6, 6.07) is 2.13. The van der Waals surface area contributed by atoms with Gasteiger partial charge >= 0.3 is 0 Å². The van der Waals surface area contributed by atoms with Gasteiger partial charge in [-0.1, -0.05) is 12.8 Å². The SMILES string of the molecule is CN=C(c1cc[nH]c1NC)N1CCCCC2(CCCCCN2)C1. The van der Waals surface area contributed by atoms with Gasteiger partial charge in [0, 0.05) is 38.9 Å². The number of aromatic amines is 1. The smallest absolute Gasteiger partial charge is 0.134 e. The van der Waals surface area contributed by atoms with Crippen LogP contribution in [0.3, 0.4) is 0 Å². The number of hydrogen-bond acceptors (Lipinski definition) is 3. The van der Waals surface area contributed by atoms with Crippen molar-refractivity contribution in [2.24, 2.45) is 4.99 Å². The molecule has 2 fully saturated rings. The molecule has 1 aromatic heterocycles. The molecule has 1 unspecified atom stereocenters. The molecule has 128 valence electrons. The van der Waals surface area contributed by atoms with E-state index in [4.69, 9.17) is 0 Å². The van der Waals surface area contributed by atoms with Crippen LogP contribution >= 0.6 is 0 Å². The fourth-order valence-electron chi connectivity index (χ4n) is 4.22.